The summed E-state index contributed by atoms with van der Waals surface area (Å²) in [5.41, 5.74) is 4.14. The number of amides is 2. The van der Waals surface area contributed by atoms with Crippen molar-refractivity contribution in [1.82, 2.24) is 9.88 Å². The Morgan fingerprint density at radius 3 is 2.81 bits per heavy atom. The molecule has 1 saturated heterocycles. The molecular formula is C22H23N3O2. The Bertz CT molecular complexity index is 992. The summed E-state index contributed by atoms with van der Waals surface area (Å²) in [5, 5.41) is 4.16. The number of anilines is 1. The average Bonchev–Trinajstić information content (AvgIpc) is 3.25. The van der Waals surface area contributed by atoms with Gasteiger partial charge in [0.05, 0.1) is 5.92 Å². The van der Waals surface area contributed by atoms with E-state index in [0.717, 1.165) is 23.2 Å². The zero-order chi connectivity index (χ0) is 18.8. The number of benzene rings is 2. The second-order valence-electron chi connectivity index (χ2n) is 7.15. The molecule has 2 aromatic carbocycles. The maximum atomic E-state index is 12.6. The van der Waals surface area contributed by atoms with Gasteiger partial charge in [-0.15, -0.1) is 0 Å². The third kappa shape index (κ3) is 3.58. The van der Waals surface area contributed by atoms with Crippen molar-refractivity contribution in [3.05, 3.63) is 65.9 Å². The minimum atomic E-state index is -0.292. The molecular weight excluding hydrogens is 338 g/mol. The number of likely N-dealkylation sites (tertiary alicyclic amines) is 1. The van der Waals surface area contributed by atoms with Crippen LogP contribution in [0.3, 0.4) is 0 Å². The molecule has 27 heavy (non-hydrogen) atoms. The van der Waals surface area contributed by atoms with Crippen molar-refractivity contribution in [3.63, 3.8) is 0 Å². The van der Waals surface area contributed by atoms with Crippen molar-refractivity contribution in [1.29, 1.82) is 0 Å². The number of aromatic nitrogens is 1. The quantitative estimate of drug-likeness (QED) is 0.730. The predicted molar refractivity (Wildman–Crippen MR) is 106 cm³/mol. The lowest BCUT2D eigenvalue weighted by Crippen LogP contribution is -2.30. The van der Waals surface area contributed by atoms with Crippen molar-refractivity contribution >= 4 is 28.4 Å². The van der Waals surface area contributed by atoms with Gasteiger partial charge in [-0.25, -0.2) is 0 Å². The van der Waals surface area contributed by atoms with Crippen LogP contribution in [0, 0.1) is 12.8 Å². The number of fused-ring (bicyclic) bond motifs is 1. The summed E-state index contributed by atoms with van der Waals surface area (Å²) in [6, 6.07) is 15.8. The number of hydrogen-bond donors (Lipinski definition) is 2. The normalized spacial score (nSPS) is 16.9. The molecule has 138 valence electrons. The number of aryl methyl sites for hydroxylation is 1. The van der Waals surface area contributed by atoms with Gasteiger partial charge in [-0.3, -0.25) is 9.59 Å². The maximum absolute atomic E-state index is 12.6. The monoisotopic (exact) mass is 361 g/mol. The first kappa shape index (κ1) is 17.3. The number of nitrogens with zero attached hydrogens (tertiary/aromatic N) is 1. The first-order valence-corrected chi connectivity index (χ1v) is 9.31. The van der Waals surface area contributed by atoms with E-state index in [9.17, 15) is 9.59 Å². The number of hydrogen-bond acceptors (Lipinski definition) is 2. The summed E-state index contributed by atoms with van der Waals surface area (Å²) in [7, 11) is 0. The molecule has 1 unspecified atom stereocenters. The van der Waals surface area contributed by atoms with E-state index in [2.05, 4.69) is 16.4 Å². The minimum absolute atomic E-state index is 0.0553. The first-order chi connectivity index (χ1) is 13.1. The van der Waals surface area contributed by atoms with Crippen LogP contribution in [-0.4, -0.2) is 34.8 Å². The van der Waals surface area contributed by atoms with Gasteiger partial charge in [-0.05, 0) is 36.6 Å². The molecule has 1 fully saturated rings. The number of para-hydroxylation sites is 2. The third-order valence-corrected chi connectivity index (χ3v) is 5.31. The number of rotatable bonds is 5. The summed E-state index contributed by atoms with van der Waals surface area (Å²) >= 11 is 0. The van der Waals surface area contributed by atoms with Gasteiger partial charge in [0.1, 0.15) is 0 Å². The Labute approximate surface area is 158 Å². The van der Waals surface area contributed by atoms with Gasteiger partial charge in [0.2, 0.25) is 11.8 Å². The van der Waals surface area contributed by atoms with E-state index in [0.29, 0.717) is 13.1 Å². The molecule has 4 rings (SSSR count). The molecule has 1 aliphatic rings. The molecule has 2 N–H and O–H groups in total. The molecule has 1 aromatic heterocycles. The molecule has 2 heterocycles. The summed E-state index contributed by atoms with van der Waals surface area (Å²) in [4.78, 5) is 30.0. The Balaban J connectivity index is 1.37. The highest BCUT2D eigenvalue weighted by molar-refractivity contribution is 5.97. The third-order valence-electron chi connectivity index (χ3n) is 5.31. The Morgan fingerprint density at radius 2 is 1.96 bits per heavy atom. The van der Waals surface area contributed by atoms with Crippen LogP contribution >= 0.6 is 0 Å². The van der Waals surface area contributed by atoms with Crippen molar-refractivity contribution in [2.24, 2.45) is 5.92 Å². The lowest BCUT2D eigenvalue weighted by Gasteiger charge is -2.16. The average molecular weight is 361 g/mol. The molecule has 0 saturated carbocycles. The van der Waals surface area contributed by atoms with Crippen molar-refractivity contribution in [2.75, 3.05) is 18.4 Å². The van der Waals surface area contributed by atoms with Crippen LogP contribution in [0.15, 0.2) is 54.7 Å². The van der Waals surface area contributed by atoms with Gasteiger partial charge >= 0.3 is 0 Å². The summed E-state index contributed by atoms with van der Waals surface area (Å²) in [6.45, 7) is 3.08. The fourth-order valence-corrected chi connectivity index (χ4v) is 3.71. The van der Waals surface area contributed by atoms with E-state index in [1.807, 2.05) is 60.5 Å². The minimum Gasteiger partial charge on any atom is -0.361 e. The molecule has 5 heteroatoms. The molecule has 0 spiro atoms. The molecule has 0 bridgehead atoms. The molecule has 3 aromatic rings. The van der Waals surface area contributed by atoms with Crippen molar-refractivity contribution < 1.29 is 9.59 Å². The van der Waals surface area contributed by atoms with Gasteiger partial charge in [-0.1, -0.05) is 36.4 Å². The summed E-state index contributed by atoms with van der Waals surface area (Å²) in [5.74, 6) is -0.313. The van der Waals surface area contributed by atoms with Crippen LogP contribution in [0.4, 0.5) is 5.69 Å². The lowest BCUT2D eigenvalue weighted by molar-refractivity contribution is -0.128. The number of aromatic amines is 1. The number of H-pyrrole nitrogens is 1. The van der Waals surface area contributed by atoms with Gasteiger partial charge in [-0.2, -0.15) is 0 Å². The standard InChI is InChI=1S/C22H23N3O2/c1-15-6-2-4-8-19(15)24-22(27)17-12-21(26)25(14-17)11-10-16-13-23-20-9-5-3-7-18(16)20/h2-9,13,17,23H,10-12,14H2,1H3,(H,24,27). The molecule has 5 nitrogen and oxygen atoms in total. The van der Waals surface area contributed by atoms with Gasteiger partial charge in [0, 0.05) is 42.3 Å². The van der Waals surface area contributed by atoms with Crippen molar-refractivity contribution in [2.45, 2.75) is 19.8 Å². The molecule has 1 atom stereocenters. The van der Waals surface area contributed by atoms with E-state index in [1.54, 1.807) is 0 Å². The first-order valence-electron chi connectivity index (χ1n) is 9.31. The topological polar surface area (TPSA) is 65.2 Å². The van der Waals surface area contributed by atoms with Crippen molar-refractivity contribution in [3.8, 4) is 0 Å². The summed E-state index contributed by atoms with van der Waals surface area (Å²) in [6.07, 6.45) is 3.07. The molecule has 2 amide bonds. The molecule has 1 aliphatic heterocycles. The number of carbonyl (C=O) groups is 2. The van der Waals surface area contributed by atoms with Gasteiger partial charge in [0.25, 0.3) is 0 Å². The number of carbonyl (C=O) groups excluding carboxylic acids is 2. The lowest BCUT2D eigenvalue weighted by atomic mass is 10.1. The Hall–Kier alpha value is -3.08. The van der Waals surface area contributed by atoms with Gasteiger partial charge < -0.3 is 15.2 Å². The highest BCUT2D eigenvalue weighted by atomic mass is 16.2. The van der Waals surface area contributed by atoms with Crippen LogP contribution in [0.2, 0.25) is 0 Å². The molecule has 0 radical (unpaired) electrons. The SMILES string of the molecule is Cc1ccccc1NC(=O)C1CC(=O)N(CCc2c[nH]c3ccccc23)C1. The largest absolute Gasteiger partial charge is 0.361 e. The van der Waals surface area contributed by atoms with E-state index >= 15 is 0 Å². The van der Waals surface area contributed by atoms with Gasteiger partial charge in [0.15, 0.2) is 0 Å². The van der Waals surface area contributed by atoms with Crippen LogP contribution in [0.25, 0.3) is 10.9 Å². The molecule has 0 aliphatic carbocycles. The van der Waals surface area contributed by atoms with Crippen LogP contribution in [0.5, 0.6) is 0 Å². The zero-order valence-corrected chi connectivity index (χ0v) is 15.4. The van der Waals surface area contributed by atoms with Crippen LogP contribution < -0.4 is 5.32 Å². The van der Waals surface area contributed by atoms with E-state index in [4.69, 9.17) is 0 Å². The zero-order valence-electron chi connectivity index (χ0n) is 15.4. The Kier molecular flexibility index (Phi) is 4.67. The number of nitrogens with one attached hydrogen (secondary N) is 2. The fraction of sp³-hybridized carbons (Fsp3) is 0.273. The second kappa shape index (κ2) is 7.27. The van der Waals surface area contributed by atoms with E-state index in [1.165, 1.54) is 10.9 Å². The van der Waals surface area contributed by atoms with Crippen LogP contribution in [0.1, 0.15) is 17.5 Å². The summed E-state index contributed by atoms with van der Waals surface area (Å²) < 4.78 is 0. The smallest absolute Gasteiger partial charge is 0.229 e. The predicted octanol–water partition coefficient (Wildman–Crippen LogP) is 3.51. The highest BCUT2D eigenvalue weighted by Gasteiger charge is 2.34. The van der Waals surface area contributed by atoms with E-state index < -0.39 is 0 Å². The Morgan fingerprint density at radius 1 is 1.19 bits per heavy atom. The fourth-order valence-electron chi connectivity index (χ4n) is 3.71. The highest BCUT2D eigenvalue weighted by Crippen LogP contribution is 2.23. The maximum Gasteiger partial charge on any atom is 0.229 e. The second-order valence-corrected chi connectivity index (χ2v) is 7.15. The van der Waals surface area contributed by atoms with Crippen LogP contribution in [-0.2, 0) is 16.0 Å². The van der Waals surface area contributed by atoms with E-state index in [-0.39, 0.29) is 24.2 Å².